The molecule has 3 N–H and O–H groups in total. The molecule has 1 rings (SSSR count). The van der Waals surface area contributed by atoms with Gasteiger partial charge in [0.25, 0.3) is 0 Å². The minimum absolute atomic E-state index is 0.196. The lowest BCUT2D eigenvalue weighted by atomic mass is 10.1. The summed E-state index contributed by atoms with van der Waals surface area (Å²) in [6.45, 7) is 1.78. The maximum Gasteiger partial charge on any atom is 0.335 e. The molecule has 0 aliphatic heterocycles. The minimum Gasteiger partial charge on any atom is -0.478 e. The normalized spacial score (nSPS) is 10.3. The highest BCUT2D eigenvalue weighted by molar-refractivity contribution is 5.87. The summed E-state index contributed by atoms with van der Waals surface area (Å²) in [6, 6.07) is 6.95. The van der Waals surface area contributed by atoms with Crippen LogP contribution in [0.3, 0.4) is 0 Å². The van der Waals surface area contributed by atoms with Crippen LogP contribution in [0.4, 0.5) is 0 Å². The van der Waals surface area contributed by atoms with Gasteiger partial charge < -0.3 is 15.5 Å². The highest BCUT2D eigenvalue weighted by Crippen LogP contribution is 2.05. The van der Waals surface area contributed by atoms with Crippen LogP contribution in [-0.2, 0) is 6.42 Å². The molecule has 0 saturated heterocycles. The summed E-state index contributed by atoms with van der Waals surface area (Å²) < 4.78 is 0. The Balaban J connectivity index is 2.36. The molecule has 0 amide bonds. The lowest BCUT2D eigenvalue weighted by molar-refractivity contribution is 0.0696. The Kier molecular flexibility index (Phi) is 5.53. The third kappa shape index (κ3) is 4.42. The SMILES string of the molecule is O=C(O)c1cccc(CCNCCCO)c1. The molecule has 16 heavy (non-hydrogen) atoms. The molecule has 0 radical (unpaired) electrons. The molecule has 88 valence electrons. The Morgan fingerprint density at radius 2 is 2.12 bits per heavy atom. The molecule has 0 bridgehead atoms. The summed E-state index contributed by atoms with van der Waals surface area (Å²) in [5.74, 6) is -0.893. The molecule has 0 unspecified atom stereocenters. The van der Waals surface area contributed by atoms with Crippen LogP contribution in [0, 0.1) is 0 Å². The van der Waals surface area contributed by atoms with Gasteiger partial charge in [-0.05, 0) is 43.6 Å². The fourth-order valence-electron chi connectivity index (χ4n) is 1.42. The van der Waals surface area contributed by atoms with E-state index >= 15 is 0 Å². The molecule has 0 aromatic heterocycles. The van der Waals surface area contributed by atoms with Gasteiger partial charge in [0.1, 0.15) is 0 Å². The van der Waals surface area contributed by atoms with E-state index < -0.39 is 5.97 Å². The number of aliphatic hydroxyl groups is 1. The number of aromatic carboxylic acids is 1. The first kappa shape index (κ1) is 12.7. The number of carboxylic acid groups (broad SMARTS) is 1. The van der Waals surface area contributed by atoms with Gasteiger partial charge in [0, 0.05) is 6.61 Å². The largest absolute Gasteiger partial charge is 0.478 e. The molecule has 0 fully saturated rings. The van der Waals surface area contributed by atoms with E-state index in [0.29, 0.717) is 5.56 Å². The molecule has 1 aromatic carbocycles. The maximum absolute atomic E-state index is 10.7. The van der Waals surface area contributed by atoms with E-state index in [9.17, 15) is 4.79 Å². The molecule has 0 aliphatic rings. The zero-order valence-corrected chi connectivity index (χ0v) is 9.15. The first-order valence-electron chi connectivity index (χ1n) is 5.38. The predicted octanol–water partition coefficient (Wildman–Crippen LogP) is 0.899. The molecular weight excluding hydrogens is 206 g/mol. The topological polar surface area (TPSA) is 69.6 Å². The Morgan fingerprint density at radius 1 is 1.31 bits per heavy atom. The quantitative estimate of drug-likeness (QED) is 0.601. The predicted molar refractivity (Wildman–Crippen MR) is 61.7 cm³/mol. The average Bonchev–Trinajstić information content (AvgIpc) is 2.29. The highest BCUT2D eigenvalue weighted by atomic mass is 16.4. The second kappa shape index (κ2) is 6.98. The van der Waals surface area contributed by atoms with Gasteiger partial charge in [-0.2, -0.15) is 0 Å². The first-order valence-corrected chi connectivity index (χ1v) is 5.38. The number of hydrogen-bond acceptors (Lipinski definition) is 3. The average molecular weight is 223 g/mol. The smallest absolute Gasteiger partial charge is 0.335 e. The van der Waals surface area contributed by atoms with Gasteiger partial charge in [-0.25, -0.2) is 4.79 Å². The van der Waals surface area contributed by atoms with Crippen molar-refractivity contribution in [3.05, 3.63) is 35.4 Å². The number of carboxylic acids is 1. The second-order valence-corrected chi connectivity index (χ2v) is 3.58. The van der Waals surface area contributed by atoms with Gasteiger partial charge in [0.15, 0.2) is 0 Å². The second-order valence-electron chi connectivity index (χ2n) is 3.58. The summed E-state index contributed by atoms with van der Waals surface area (Å²) in [5.41, 5.74) is 1.34. The van der Waals surface area contributed by atoms with Crippen LogP contribution in [-0.4, -0.2) is 35.9 Å². The molecular formula is C12H17NO3. The highest BCUT2D eigenvalue weighted by Gasteiger charge is 2.02. The summed E-state index contributed by atoms with van der Waals surface area (Å²) in [4.78, 5) is 10.7. The van der Waals surface area contributed by atoms with Crippen LogP contribution in [0.15, 0.2) is 24.3 Å². The summed E-state index contributed by atoms with van der Waals surface area (Å²) >= 11 is 0. The minimum atomic E-state index is -0.893. The van der Waals surface area contributed by atoms with E-state index in [4.69, 9.17) is 10.2 Å². The van der Waals surface area contributed by atoms with E-state index in [2.05, 4.69) is 5.32 Å². The number of benzene rings is 1. The maximum atomic E-state index is 10.7. The van der Waals surface area contributed by atoms with Gasteiger partial charge in [-0.1, -0.05) is 12.1 Å². The molecule has 4 nitrogen and oxygen atoms in total. The Morgan fingerprint density at radius 3 is 2.81 bits per heavy atom. The lowest BCUT2D eigenvalue weighted by Gasteiger charge is -2.04. The summed E-state index contributed by atoms with van der Waals surface area (Å²) in [5, 5.41) is 20.6. The van der Waals surface area contributed by atoms with Crippen molar-refractivity contribution in [3.63, 3.8) is 0 Å². The Bertz CT molecular complexity index is 339. The summed E-state index contributed by atoms with van der Waals surface area (Å²) in [6.07, 6.45) is 1.54. The van der Waals surface area contributed by atoms with Crippen molar-refractivity contribution in [2.45, 2.75) is 12.8 Å². The third-order valence-corrected chi connectivity index (χ3v) is 2.28. The monoisotopic (exact) mass is 223 g/mol. The number of aliphatic hydroxyl groups excluding tert-OH is 1. The zero-order valence-electron chi connectivity index (χ0n) is 9.15. The van der Waals surface area contributed by atoms with Crippen LogP contribution in [0.5, 0.6) is 0 Å². The van der Waals surface area contributed by atoms with Crippen LogP contribution < -0.4 is 5.32 Å². The Labute approximate surface area is 94.9 Å². The van der Waals surface area contributed by atoms with E-state index in [1.807, 2.05) is 6.07 Å². The Hall–Kier alpha value is -1.39. The number of hydrogen-bond donors (Lipinski definition) is 3. The van der Waals surface area contributed by atoms with E-state index in [1.165, 1.54) is 0 Å². The molecule has 0 heterocycles. The molecule has 0 saturated carbocycles. The van der Waals surface area contributed by atoms with Crippen LogP contribution >= 0.6 is 0 Å². The van der Waals surface area contributed by atoms with E-state index in [0.717, 1.165) is 31.5 Å². The fraction of sp³-hybridized carbons (Fsp3) is 0.417. The van der Waals surface area contributed by atoms with Crippen molar-refractivity contribution in [1.82, 2.24) is 5.32 Å². The molecule has 0 atom stereocenters. The number of nitrogens with one attached hydrogen (secondary N) is 1. The standard InChI is InChI=1S/C12H17NO3/c14-8-2-6-13-7-5-10-3-1-4-11(9-10)12(15)16/h1,3-4,9,13-14H,2,5-8H2,(H,15,16). The molecule has 1 aromatic rings. The van der Waals surface area contributed by atoms with Crippen LogP contribution in [0.1, 0.15) is 22.3 Å². The first-order chi connectivity index (χ1) is 7.74. The van der Waals surface area contributed by atoms with Crippen LogP contribution in [0.2, 0.25) is 0 Å². The van der Waals surface area contributed by atoms with Gasteiger partial charge in [0.05, 0.1) is 5.56 Å². The third-order valence-electron chi connectivity index (χ3n) is 2.28. The molecule has 0 aliphatic carbocycles. The van der Waals surface area contributed by atoms with Gasteiger partial charge >= 0.3 is 5.97 Å². The van der Waals surface area contributed by atoms with Crippen molar-refractivity contribution in [2.75, 3.05) is 19.7 Å². The fourth-order valence-corrected chi connectivity index (χ4v) is 1.42. The van der Waals surface area contributed by atoms with Gasteiger partial charge in [-0.3, -0.25) is 0 Å². The number of carbonyl (C=O) groups is 1. The number of rotatable bonds is 7. The van der Waals surface area contributed by atoms with Crippen molar-refractivity contribution in [3.8, 4) is 0 Å². The molecule has 4 heteroatoms. The summed E-state index contributed by atoms with van der Waals surface area (Å²) in [7, 11) is 0. The molecule has 0 spiro atoms. The van der Waals surface area contributed by atoms with Crippen molar-refractivity contribution < 1.29 is 15.0 Å². The lowest BCUT2D eigenvalue weighted by Crippen LogP contribution is -2.19. The van der Waals surface area contributed by atoms with Gasteiger partial charge in [0.2, 0.25) is 0 Å². The van der Waals surface area contributed by atoms with E-state index in [1.54, 1.807) is 18.2 Å². The van der Waals surface area contributed by atoms with Crippen molar-refractivity contribution in [1.29, 1.82) is 0 Å². The van der Waals surface area contributed by atoms with Gasteiger partial charge in [-0.15, -0.1) is 0 Å². The zero-order chi connectivity index (χ0) is 11.8. The van der Waals surface area contributed by atoms with Crippen molar-refractivity contribution >= 4 is 5.97 Å². The van der Waals surface area contributed by atoms with Crippen LogP contribution in [0.25, 0.3) is 0 Å². The van der Waals surface area contributed by atoms with Crippen molar-refractivity contribution in [2.24, 2.45) is 0 Å². The van der Waals surface area contributed by atoms with E-state index in [-0.39, 0.29) is 6.61 Å².